The first kappa shape index (κ1) is 15.4. The number of anilines is 2. The average Bonchev–Trinajstić information content (AvgIpc) is 3.20. The monoisotopic (exact) mass is 328 g/mol. The zero-order chi connectivity index (χ0) is 16.9. The molecule has 0 N–H and O–H groups in total. The van der Waals surface area contributed by atoms with Crippen LogP contribution in [0.4, 0.5) is 11.8 Å². The van der Waals surface area contributed by atoms with Gasteiger partial charge in [-0.1, -0.05) is 25.9 Å². The van der Waals surface area contributed by atoms with E-state index < -0.39 is 0 Å². The summed E-state index contributed by atoms with van der Waals surface area (Å²) in [6.07, 6.45) is 1.69. The fourth-order valence-electron chi connectivity index (χ4n) is 3.68. The maximum Gasteiger partial charge on any atom is 0.324 e. The van der Waals surface area contributed by atoms with Crippen molar-refractivity contribution in [1.29, 1.82) is 0 Å². The van der Waals surface area contributed by atoms with E-state index in [1.807, 2.05) is 6.92 Å². The van der Waals surface area contributed by atoms with Gasteiger partial charge in [-0.2, -0.15) is 4.98 Å². The van der Waals surface area contributed by atoms with E-state index in [-0.39, 0.29) is 5.41 Å². The first-order valence-corrected chi connectivity index (χ1v) is 8.53. The minimum atomic E-state index is 0.0416. The molecule has 7 nitrogen and oxygen atoms in total. The number of fused-ring (bicyclic) bond motifs is 1. The lowest BCUT2D eigenvalue weighted by atomic mass is 9.92. The predicted octanol–water partition coefficient (Wildman–Crippen LogP) is 2.04. The number of aryl methyl sites for hydroxylation is 1. The summed E-state index contributed by atoms with van der Waals surface area (Å²) in [4.78, 5) is 17.9. The van der Waals surface area contributed by atoms with Crippen molar-refractivity contribution < 1.29 is 4.52 Å². The first-order chi connectivity index (χ1) is 11.4. The molecule has 2 aliphatic rings. The summed E-state index contributed by atoms with van der Waals surface area (Å²) in [7, 11) is 0. The Bertz CT molecular complexity index is 723. The summed E-state index contributed by atoms with van der Waals surface area (Å²) in [6.45, 7) is 12.4. The lowest BCUT2D eigenvalue weighted by Gasteiger charge is -2.23. The zero-order valence-corrected chi connectivity index (χ0v) is 14.7. The molecule has 0 amide bonds. The van der Waals surface area contributed by atoms with Crippen LogP contribution in [-0.4, -0.2) is 46.3 Å². The van der Waals surface area contributed by atoms with E-state index in [1.165, 1.54) is 0 Å². The van der Waals surface area contributed by atoms with Gasteiger partial charge in [-0.15, -0.1) is 0 Å². The van der Waals surface area contributed by atoms with Gasteiger partial charge in [0.1, 0.15) is 12.1 Å². The molecule has 4 heterocycles. The third-order valence-electron chi connectivity index (χ3n) is 5.02. The van der Waals surface area contributed by atoms with E-state index in [2.05, 4.69) is 56.7 Å². The second-order valence-electron chi connectivity index (χ2n) is 7.97. The molecule has 128 valence electrons. The van der Waals surface area contributed by atoms with Crippen molar-refractivity contribution in [3.63, 3.8) is 0 Å². The van der Waals surface area contributed by atoms with Gasteiger partial charge in [-0.3, -0.25) is 0 Å². The smallest absolute Gasteiger partial charge is 0.324 e. The Morgan fingerprint density at radius 3 is 2.29 bits per heavy atom. The van der Waals surface area contributed by atoms with Crippen LogP contribution in [0.3, 0.4) is 0 Å². The van der Waals surface area contributed by atoms with Gasteiger partial charge in [0.05, 0.1) is 5.69 Å². The van der Waals surface area contributed by atoms with Crippen LogP contribution in [0.25, 0.3) is 0 Å². The average molecular weight is 328 g/mol. The molecular formula is C17H24N6O. The third kappa shape index (κ3) is 2.72. The highest BCUT2D eigenvalue weighted by molar-refractivity contribution is 5.43. The number of aromatic nitrogens is 4. The fourth-order valence-corrected chi connectivity index (χ4v) is 3.68. The van der Waals surface area contributed by atoms with Crippen LogP contribution in [0, 0.1) is 18.8 Å². The van der Waals surface area contributed by atoms with E-state index in [1.54, 1.807) is 6.33 Å². The maximum atomic E-state index is 5.31. The Labute approximate surface area is 142 Å². The Morgan fingerprint density at radius 2 is 1.71 bits per heavy atom. The number of rotatable bonds is 2. The van der Waals surface area contributed by atoms with Crippen LogP contribution in [0.5, 0.6) is 0 Å². The Morgan fingerprint density at radius 1 is 1.04 bits per heavy atom. The molecular weight excluding hydrogens is 304 g/mol. The summed E-state index contributed by atoms with van der Waals surface area (Å²) < 4.78 is 5.31. The van der Waals surface area contributed by atoms with Gasteiger partial charge in [0.2, 0.25) is 0 Å². The van der Waals surface area contributed by atoms with Crippen LogP contribution in [0.1, 0.15) is 32.3 Å². The highest BCUT2D eigenvalue weighted by Crippen LogP contribution is 2.35. The van der Waals surface area contributed by atoms with E-state index in [9.17, 15) is 0 Å². The van der Waals surface area contributed by atoms with Crippen molar-refractivity contribution in [2.75, 3.05) is 36.0 Å². The summed E-state index contributed by atoms with van der Waals surface area (Å²) in [5.41, 5.74) is 1.13. The molecule has 0 aromatic carbocycles. The SMILES string of the molecule is Cc1noc(N2CC3CN(c4cc(C(C)(C)C)ncn4)CC3C2)n1. The number of nitrogens with zero attached hydrogens (tertiary/aromatic N) is 6. The number of hydrogen-bond donors (Lipinski definition) is 0. The van der Waals surface area contributed by atoms with Crippen molar-refractivity contribution in [2.45, 2.75) is 33.1 Å². The van der Waals surface area contributed by atoms with Crippen molar-refractivity contribution in [3.05, 3.63) is 23.9 Å². The van der Waals surface area contributed by atoms with Crippen molar-refractivity contribution in [2.24, 2.45) is 11.8 Å². The van der Waals surface area contributed by atoms with Crippen LogP contribution in [0.15, 0.2) is 16.9 Å². The van der Waals surface area contributed by atoms with Crippen molar-refractivity contribution in [1.82, 2.24) is 20.1 Å². The van der Waals surface area contributed by atoms with Crippen molar-refractivity contribution >= 4 is 11.8 Å². The van der Waals surface area contributed by atoms with Crippen LogP contribution in [0.2, 0.25) is 0 Å². The minimum Gasteiger partial charge on any atom is -0.356 e. The molecule has 2 saturated heterocycles. The molecule has 2 aromatic rings. The van der Waals surface area contributed by atoms with E-state index in [4.69, 9.17) is 4.52 Å². The van der Waals surface area contributed by atoms with E-state index in [0.29, 0.717) is 23.7 Å². The lowest BCUT2D eigenvalue weighted by Crippen LogP contribution is -2.29. The van der Waals surface area contributed by atoms with Crippen LogP contribution >= 0.6 is 0 Å². The van der Waals surface area contributed by atoms with Gasteiger partial charge in [0, 0.05) is 49.5 Å². The van der Waals surface area contributed by atoms with Crippen LogP contribution < -0.4 is 9.80 Å². The molecule has 2 unspecified atom stereocenters. The highest BCUT2D eigenvalue weighted by atomic mass is 16.5. The second-order valence-corrected chi connectivity index (χ2v) is 7.97. The zero-order valence-electron chi connectivity index (χ0n) is 14.7. The second kappa shape index (κ2) is 5.43. The topological polar surface area (TPSA) is 71.2 Å². The molecule has 0 aliphatic carbocycles. The standard InChI is InChI=1S/C17H24N6O/c1-11-20-16(24-21-11)23-8-12-6-22(7-13(12)9-23)15-5-14(17(2,3)4)18-10-19-15/h5,10,12-13H,6-9H2,1-4H3. The molecule has 2 aliphatic heterocycles. The van der Waals surface area contributed by atoms with Crippen molar-refractivity contribution in [3.8, 4) is 0 Å². The molecule has 2 atom stereocenters. The summed E-state index contributed by atoms with van der Waals surface area (Å²) in [6, 6.07) is 2.80. The van der Waals surface area contributed by atoms with Gasteiger partial charge in [0.15, 0.2) is 5.82 Å². The summed E-state index contributed by atoms with van der Waals surface area (Å²) >= 11 is 0. The molecule has 2 aromatic heterocycles. The summed E-state index contributed by atoms with van der Waals surface area (Å²) in [5, 5.41) is 3.90. The quantitative estimate of drug-likeness (QED) is 0.835. The Balaban J connectivity index is 1.46. The van der Waals surface area contributed by atoms with Crippen LogP contribution in [-0.2, 0) is 5.41 Å². The minimum absolute atomic E-state index is 0.0416. The van der Waals surface area contributed by atoms with Gasteiger partial charge in [-0.05, 0) is 6.92 Å². The molecule has 0 saturated carbocycles. The Hall–Kier alpha value is -2.18. The van der Waals surface area contributed by atoms with Gasteiger partial charge in [-0.25, -0.2) is 9.97 Å². The number of hydrogen-bond acceptors (Lipinski definition) is 7. The molecule has 0 spiro atoms. The normalized spacial score (nSPS) is 23.8. The third-order valence-corrected chi connectivity index (χ3v) is 5.02. The molecule has 0 bridgehead atoms. The molecule has 4 rings (SSSR count). The largest absolute Gasteiger partial charge is 0.356 e. The molecule has 2 fully saturated rings. The molecule has 0 radical (unpaired) electrons. The van der Waals surface area contributed by atoms with Gasteiger partial charge >= 0.3 is 6.01 Å². The summed E-state index contributed by atoms with van der Waals surface area (Å²) in [5.74, 6) is 2.97. The Kier molecular flexibility index (Phi) is 3.47. The highest BCUT2D eigenvalue weighted by Gasteiger charge is 2.42. The lowest BCUT2D eigenvalue weighted by molar-refractivity contribution is 0.411. The molecule has 7 heteroatoms. The van der Waals surface area contributed by atoms with E-state index in [0.717, 1.165) is 37.7 Å². The molecule has 24 heavy (non-hydrogen) atoms. The first-order valence-electron chi connectivity index (χ1n) is 8.53. The maximum absolute atomic E-state index is 5.31. The fraction of sp³-hybridized carbons (Fsp3) is 0.647. The predicted molar refractivity (Wildman–Crippen MR) is 91.2 cm³/mol. The van der Waals surface area contributed by atoms with Gasteiger partial charge < -0.3 is 14.3 Å². The van der Waals surface area contributed by atoms with E-state index >= 15 is 0 Å². The van der Waals surface area contributed by atoms with Gasteiger partial charge in [0.25, 0.3) is 0 Å².